The zero-order valence-corrected chi connectivity index (χ0v) is 9.49. The topological polar surface area (TPSA) is 54.8 Å². The van der Waals surface area contributed by atoms with Gasteiger partial charge in [0.25, 0.3) is 0 Å². The Balaban J connectivity index is 2.63. The molecule has 1 aromatic heterocycles. The first-order valence-electron chi connectivity index (χ1n) is 5.20. The third-order valence-corrected chi connectivity index (χ3v) is 2.74. The molecule has 3 N–H and O–H groups in total. The molecule has 1 heterocycles. The molecule has 2 aromatic rings. The number of nitrogens with zero attached hydrogens (tertiary/aromatic N) is 1. The van der Waals surface area contributed by atoms with Crippen molar-refractivity contribution in [1.82, 2.24) is 4.57 Å². The fourth-order valence-corrected chi connectivity index (χ4v) is 2.01. The Kier molecular flexibility index (Phi) is 2.52. The molecule has 0 bridgehead atoms. The summed E-state index contributed by atoms with van der Waals surface area (Å²) in [6.45, 7) is 4.00. The van der Waals surface area contributed by atoms with Crippen molar-refractivity contribution in [2.75, 3.05) is 0 Å². The van der Waals surface area contributed by atoms with Crippen molar-refractivity contribution in [1.29, 1.82) is 5.41 Å². The van der Waals surface area contributed by atoms with Gasteiger partial charge in [-0.3, -0.25) is 5.41 Å². The summed E-state index contributed by atoms with van der Waals surface area (Å²) in [4.78, 5) is 0. The largest absolute Gasteiger partial charge is 0.384 e. The summed E-state index contributed by atoms with van der Waals surface area (Å²) in [6.07, 6.45) is 0. The second-order valence-electron chi connectivity index (χ2n) is 3.87. The van der Waals surface area contributed by atoms with Gasteiger partial charge in [-0.25, -0.2) is 0 Å². The normalized spacial score (nSPS) is 10.4. The van der Waals surface area contributed by atoms with E-state index in [0.717, 1.165) is 22.6 Å². The third kappa shape index (κ3) is 1.60. The minimum absolute atomic E-state index is 0.121. The maximum atomic E-state index is 7.51. The van der Waals surface area contributed by atoms with E-state index in [0.29, 0.717) is 0 Å². The van der Waals surface area contributed by atoms with Crippen LogP contribution in [0.1, 0.15) is 17.0 Å². The van der Waals surface area contributed by atoms with Crippen molar-refractivity contribution in [3.63, 3.8) is 0 Å². The number of benzene rings is 1. The smallest absolute Gasteiger partial charge is 0.124 e. The zero-order valence-electron chi connectivity index (χ0n) is 9.49. The number of aryl methyl sites for hydroxylation is 1. The molecule has 0 radical (unpaired) electrons. The molecule has 82 valence electrons. The Morgan fingerprint density at radius 1 is 1.19 bits per heavy atom. The maximum Gasteiger partial charge on any atom is 0.124 e. The molecule has 16 heavy (non-hydrogen) atoms. The molecule has 0 unspecified atom stereocenters. The van der Waals surface area contributed by atoms with E-state index in [2.05, 4.69) is 4.57 Å². The summed E-state index contributed by atoms with van der Waals surface area (Å²) in [5, 5.41) is 7.51. The SMILES string of the molecule is Cc1cc(C(=N)N)c(C)n1-c1ccccc1. The Morgan fingerprint density at radius 2 is 1.81 bits per heavy atom. The average Bonchev–Trinajstić information content (AvgIpc) is 2.56. The summed E-state index contributed by atoms with van der Waals surface area (Å²) >= 11 is 0. The second kappa shape index (κ2) is 3.85. The van der Waals surface area contributed by atoms with Crippen LogP contribution >= 0.6 is 0 Å². The quantitative estimate of drug-likeness (QED) is 0.584. The van der Waals surface area contributed by atoms with Gasteiger partial charge in [0.1, 0.15) is 5.84 Å². The van der Waals surface area contributed by atoms with Crippen LogP contribution < -0.4 is 5.73 Å². The summed E-state index contributed by atoms with van der Waals surface area (Å²) < 4.78 is 2.11. The minimum Gasteiger partial charge on any atom is -0.384 e. The number of hydrogen-bond acceptors (Lipinski definition) is 1. The second-order valence-corrected chi connectivity index (χ2v) is 3.87. The zero-order chi connectivity index (χ0) is 11.7. The van der Waals surface area contributed by atoms with Crippen molar-refractivity contribution in [2.24, 2.45) is 5.73 Å². The highest BCUT2D eigenvalue weighted by atomic mass is 15.0. The van der Waals surface area contributed by atoms with Gasteiger partial charge in [-0.1, -0.05) is 18.2 Å². The first-order valence-corrected chi connectivity index (χ1v) is 5.20. The molecule has 3 nitrogen and oxygen atoms in total. The van der Waals surface area contributed by atoms with E-state index in [9.17, 15) is 0 Å². The minimum atomic E-state index is 0.121. The van der Waals surface area contributed by atoms with E-state index in [-0.39, 0.29) is 5.84 Å². The van der Waals surface area contributed by atoms with Crippen LogP contribution in [0.25, 0.3) is 5.69 Å². The molecule has 0 aliphatic rings. The van der Waals surface area contributed by atoms with Gasteiger partial charge in [0.15, 0.2) is 0 Å². The van der Waals surface area contributed by atoms with Gasteiger partial charge in [0.05, 0.1) is 0 Å². The molecule has 3 heteroatoms. The Bertz CT molecular complexity index is 524. The van der Waals surface area contributed by atoms with Gasteiger partial charge < -0.3 is 10.3 Å². The molecule has 0 amide bonds. The predicted octanol–water partition coefficient (Wildman–Crippen LogP) is 2.38. The van der Waals surface area contributed by atoms with Crippen LogP contribution in [0.15, 0.2) is 36.4 Å². The van der Waals surface area contributed by atoms with Gasteiger partial charge in [-0.2, -0.15) is 0 Å². The summed E-state index contributed by atoms with van der Waals surface area (Å²) in [5.74, 6) is 0.121. The van der Waals surface area contributed by atoms with Crippen molar-refractivity contribution in [3.05, 3.63) is 53.3 Å². The highest BCUT2D eigenvalue weighted by molar-refractivity contribution is 5.96. The number of nitrogen functional groups attached to an aromatic ring is 1. The van der Waals surface area contributed by atoms with E-state index in [1.807, 2.05) is 50.2 Å². The molecular formula is C13H15N3. The number of hydrogen-bond donors (Lipinski definition) is 2. The average molecular weight is 213 g/mol. The van der Waals surface area contributed by atoms with Crippen LogP contribution in [-0.4, -0.2) is 10.4 Å². The van der Waals surface area contributed by atoms with Crippen LogP contribution in [0.2, 0.25) is 0 Å². The molecule has 0 saturated carbocycles. The molecule has 0 fully saturated rings. The molecular weight excluding hydrogens is 198 g/mol. The number of nitrogens with two attached hydrogens (primary N) is 1. The molecule has 0 saturated heterocycles. The Labute approximate surface area is 95.0 Å². The van der Waals surface area contributed by atoms with Crippen LogP contribution in [0.4, 0.5) is 0 Å². The standard InChI is InChI=1S/C13H15N3/c1-9-8-12(13(14)15)10(2)16(9)11-6-4-3-5-7-11/h3-8H,1-2H3,(H3,14,15). The Morgan fingerprint density at radius 3 is 2.31 bits per heavy atom. The van der Waals surface area contributed by atoms with Gasteiger partial charge in [-0.15, -0.1) is 0 Å². The van der Waals surface area contributed by atoms with Gasteiger partial charge in [0, 0.05) is 22.6 Å². The first kappa shape index (κ1) is 10.5. The molecule has 2 rings (SSSR count). The van der Waals surface area contributed by atoms with Gasteiger partial charge in [-0.05, 0) is 32.0 Å². The number of para-hydroxylation sites is 1. The van der Waals surface area contributed by atoms with Crippen molar-refractivity contribution in [3.8, 4) is 5.69 Å². The lowest BCUT2D eigenvalue weighted by atomic mass is 10.2. The monoisotopic (exact) mass is 213 g/mol. The van der Waals surface area contributed by atoms with E-state index in [4.69, 9.17) is 11.1 Å². The van der Waals surface area contributed by atoms with E-state index in [1.165, 1.54) is 0 Å². The molecule has 0 aliphatic heterocycles. The van der Waals surface area contributed by atoms with Crippen molar-refractivity contribution < 1.29 is 0 Å². The van der Waals surface area contributed by atoms with Crippen molar-refractivity contribution in [2.45, 2.75) is 13.8 Å². The molecule has 0 atom stereocenters. The van der Waals surface area contributed by atoms with Crippen LogP contribution in [0, 0.1) is 19.3 Å². The lowest BCUT2D eigenvalue weighted by molar-refractivity contribution is 0.964. The molecule has 0 aliphatic carbocycles. The van der Waals surface area contributed by atoms with E-state index in [1.54, 1.807) is 0 Å². The summed E-state index contributed by atoms with van der Waals surface area (Å²) in [7, 11) is 0. The molecule has 1 aromatic carbocycles. The fraction of sp³-hybridized carbons (Fsp3) is 0.154. The van der Waals surface area contributed by atoms with Crippen LogP contribution in [-0.2, 0) is 0 Å². The predicted molar refractivity (Wildman–Crippen MR) is 66.3 cm³/mol. The lowest BCUT2D eigenvalue weighted by Crippen LogP contribution is -2.12. The number of rotatable bonds is 2. The number of nitrogens with one attached hydrogen (secondary N) is 1. The van der Waals surface area contributed by atoms with Gasteiger partial charge >= 0.3 is 0 Å². The van der Waals surface area contributed by atoms with Gasteiger partial charge in [0.2, 0.25) is 0 Å². The molecule has 0 spiro atoms. The summed E-state index contributed by atoms with van der Waals surface area (Å²) in [5.41, 5.74) is 9.56. The third-order valence-electron chi connectivity index (χ3n) is 2.74. The number of aromatic nitrogens is 1. The highest BCUT2D eigenvalue weighted by Gasteiger charge is 2.11. The van der Waals surface area contributed by atoms with Crippen LogP contribution in [0.3, 0.4) is 0 Å². The lowest BCUT2D eigenvalue weighted by Gasteiger charge is -2.09. The highest BCUT2D eigenvalue weighted by Crippen LogP contribution is 2.19. The maximum absolute atomic E-state index is 7.51. The Hall–Kier alpha value is -2.03. The fourth-order valence-electron chi connectivity index (χ4n) is 2.01. The first-order chi connectivity index (χ1) is 7.61. The van der Waals surface area contributed by atoms with Crippen LogP contribution in [0.5, 0.6) is 0 Å². The van der Waals surface area contributed by atoms with E-state index < -0.39 is 0 Å². The summed E-state index contributed by atoms with van der Waals surface area (Å²) in [6, 6.07) is 12.0. The number of amidine groups is 1. The van der Waals surface area contributed by atoms with E-state index >= 15 is 0 Å². The van der Waals surface area contributed by atoms with Crippen molar-refractivity contribution >= 4 is 5.84 Å².